The van der Waals surface area contributed by atoms with Gasteiger partial charge in [-0.3, -0.25) is 4.79 Å². The van der Waals surface area contributed by atoms with Gasteiger partial charge in [0.15, 0.2) is 0 Å². The van der Waals surface area contributed by atoms with Crippen molar-refractivity contribution in [1.29, 1.82) is 0 Å². The van der Waals surface area contributed by atoms with Crippen LogP contribution in [0.3, 0.4) is 0 Å². The topological polar surface area (TPSA) is 78.3 Å². The van der Waals surface area contributed by atoms with E-state index in [1.54, 1.807) is 0 Å². The van der Waals surface area contributed by atoms with Crippen molar-refractivity contribution in [2.45, 2.75) is 6.42 Å². The number of hydrogen-bond acceptors (Lipinski definition) is 3. The number of primary amides is 1. The van der Waals surface area contributed by atoms with Gasteiger partial charge in [-0.15, -0.1) is 6.58 Å². The maximum absolute atomic E-state index is 9.09. The summed E-state index contributed by atoms with van der Waals surface area (Å²) in [6.07, 6.45) is 2.56. The zero-order chi connectivity index (χ0) is 13.3. The first-order valence-corrected chi connectivity index (χ1v) is 5.47. The van der Waals surface area contributed by atoms with E-state index in [0.717, 1.165) is 12.0 Å². The maximum Gasteiger partial charge on any atom is 0.273 e. The molecule has 0 heterocycles. The normalized spacial score (nSPS) is 8.06. The number of ether oxygens (including phenoxy) is 1. The van der Waals surface area contributed by atoms with Crippen molar-refractivity contribution in [2.24, 2.45) is 11.5 Å². The van der Waals surface area contributed by atoms with Crippen LogP contribution in [0.4, 0.5) is 4.79 Å². The van der Waals surface area contributed by atoms with Crippen molar-refractivity contribution in [2.75, 3.05) is 0 Å². The molecular weight excluding hydrogens is 322 g/mol. The van der Waals surface area contributed by atoms with E-state index in [-0.39, 0.29) is 24.7 Å². The standard InChI is InChI=1S/C10H11NOS.CH3NOS.Zn/c1-2-5-8-6-3-4-7-9(8)12-10(11)13;2-1(3)4;/h2-4,6-7H,1,5H2,(H2,11,13);(H3,2,3,4);. The third kappa shape index (κ3) is 10.3. The van der Waals surface area contributed by atoms with Crippen molar-refractivity contribution in [3.05, 3.63) is 42.5 Å². The predicted octanol–water partition coefficient (Wildman–Crippen LogP) is 2.03. The van der Waals surface area contributed by atoms with Crippen LogP contribution < -0.4 is 16.2 Å². The Morgan fingerprint density at radius 1 is 1.44 bits per heavy atom. The molecule has 0 aromatic heterocycles. The molecule has 1 aromatic carbocycles. The summed E-state index contributed by atoms with van der Waals surface area (Å²) in [6.45, 7) is 3.66. The molecule has 0 radical (unpaired) electrons. The van der Waals surface area contributed by atoms with E-state index < -0.39 is 5.24 Å². The van der Waals surface area contributed by atoms with Gasteiger partial charge in [0.2, 0.25) is 0 Å². The smallest absolute Gasteiger partial charge is 0.273 e. The minimum absolute atomic E-state index is 0. The van der Waals surface area contributed by atoms with Crippen molar-refractivity contribution in [1.82, 2.24) is 0 Å². The Bertz CT molecular complexity index is 410. The molecule has 7 heteroatoms. The number of hydrogen-bond donors (Lipinski definition) is 3. The fourth-order valence-electron chi connectivity index (χ4n) is 1.04. The van der Waals surface area contributed by atoms with E-state index in [0.29, 0.717) is 5.75 Å². The van der Waals surface area contributed by atoms with Crippen molar-refractivity contribution < 1.29 is 29.0 Å². The SMILES string of the molecule is C=CCc1ccccc1OC(N)=S.NC(=O)S.[Zn]. The summed E-state index contributed by atoms with van der Waals surface area (Å²) in [6, 6.07) is 7.60. The van der Waals surface area contributed by atoms with Crippen molar-refractivity contribution in [3.63, 3.8) is 0 Å². The summed E-state index contributed by atoms with van der Waals surface area (Å²) in [5, 5.41) is -0.600. The number of para-hydroxylation sites is 1. The maximum atomic E-state index is 9.09. The third-order valence-electron chi connectivity index (χ3n) is 1.55. The Labute approximate surface area is 130 Å². The number of carbonyl (C=O) groups excluding carboxylic acids is 1. The fraction of sp³-hybridized carbons (Fsp3) is 0.0909. The number of rotatable bonds is 3. The molecule has 1 aromatic rings. The van der Waals surface area contributed by atoms with E-state index >= 15 is 0 Å². The van der Waals surface area contributed by atoms with Crippen LogP contribution in [0, 0.1) is 0 Å². The summed E-state index contributed by atoms with van der Waals surface area (Å²) in [7, 11) is 0. The molecule has 0 saturated heterocycles. The number of thiocarbonyl (C=S) groups is 1. The molecule has 1 rings (SSSR count). The second kappa shape index (κ2) is 11.2. The summed E-state index contributed by atoms with van der Waals surface area (Å²) in [4.78, 5) is 9.09. The number of amides is 1. The molecule has 0 unspecified atom stereocenters. The molecule has 4 N–H and O–H groups in total. The van der Waals surface area contributed by atoms with Gasteiger partial charge in [0.25, 0.3) is 10.4 Å². The van der Waals surface area contributed by atoms with Crippen LogP contribution in [0.15, 0.2) is 36.9 Å². The first-order chi connectivity index (χ1) is 7.97. The molecule has 94 valence electrons. The molecular formula is C11H14N2O2S2Zn. The Morgan fingerprint density at radius 3 is 2.39 bits per heavy atom. The van der Waals surface area contributed by atoms with E-state index in [1.807, 2.05) is 30.3 Å². The summed E-state index contributed by atoms with van der Waals surface area (Å²) < 4.78 is 5.16. The van der Waals surface area contributed by atoms with Gasteiger partial charge in [-0.05, 0) is 30.3 Å². The molecule has 0 spiro atoms. The van der Waals surface area contributed by atoms with Gasteiger partial charge in [0.05, 0.1) is 0 Å². The van der Waals surface area contributed by atoms with Gasteiger partial charge in [0, 0.05) is 19.5 Å². The fourth-order valence-corrected chi connectivity index (χ4v) is 1.13. The minimum Gasteiger partial charge on any atom is -0.432 e. The minimum atomic E-state index is -0.639. The van der Waals surface area contributed by atoms with Gasteiger partial charge in [-0.1, -0.05) is 36.9 Å². The first kappa shape index (κ1) is 19.4. The molecule has 0 aliphatic carbocycles. The zero-order valence-electron chi connectivity index (χ0n) is 9.83. The summed E-state index contributed by atoms with van der Waals surface area (Å²) in [5.74, 6) is 0.704. The number of thiol groups is 1. The number of carbonyl (C=O) groups is 1. The number of allylic oxidation sites excluding steroid dienone is 1. The van der Waals surface area contributed by atoms with Gasteiger partial charge >= 0.3 is 0 Å². The van der Waals surface area contributed by atoms with Crippen LogP contribution in [-0.4, -0.2) is 10.4 Å². The van der Waals surface area contributed by atoms with Crippen LogP contribution in [0.2, 0.25) is 0 Å². The average Bonchev–Trinajstić information content (AvgIpc) is 2.19. The molecule has 0 aliphatic heterocycles. The molecule has 0 saturated carbocycles. The molecule has 18 heavy (non-hydrogen) atoms. The van der Waals surface area contributed by atoms with Crippen LogP contribution in [0.5, 0.6) is 5.75 Å². The Hall–Kier alpha value is -0.907. The third-order valence-corrected chi connectivity index (χ3v) is 1.63. The average molecular weight is 336 g/mol. The van der Waals surface area contributed by atoms with Crippen LogP contribution in [0.25, 0.3) is 0 Å². The van der Waals surface area contributed by atoms with E-state index in [9.17, 15) is 0 Å². The predicted molar refractivity (Wildman–Crippen MR) is 76.3 cm³/mol. The summed E-state index contributed by atoms with van der Waals surface area (Å²) >= 11 is 7.76. The van der Waals surface area contributed by atoms with Crippen LogP contribution >= 0.6 is 24.8 Å². The summed E-state index contributed by atoms with van der Waals surface area (Å²) in [5.41, 5.74) is 10.6. The van der Waals surface area contributed by atoms with Gasteiger partial charge in [0.1, 0.15) is 5.75 Å². The second-order valence-corrected chi connectivity index (χ2v) is 3.70. The Balaban J connectivity index is 0. The van der Waals surface area contributed by atoms with Crippen molar-refractivity contribution >= 4 is 35.3 Å². The molecule has 0 fully saturated rings. The Morgan fingerprint density at radius 2 is 1.94 bits per heavy atom. The van der Waals surface area contributed by atoms with Gasteiger partial charge in [-0.2, -0.15) is 0 Å². The van der Waals surface area contributed by atoms with E-state index in [2.05, 4.69) is 37.2 Å². The molecule has 4 nitrogen and oxygen atoms in total. The van der Waals surface area contributed by atoms with Crippen LogP contribution in [-0.2, 0) is 25.9 Å². The number of benzene rings is 1. The monoisotopic (exact) mass is 334 g/mol. The number of nitrogens with two attached hydrogens (primary N) is 2. The molecule has 0 bridgehead atoms. The quantitative estimate of drug-likeness (QED) is 0.342. The van der Waals surface area contributed by atoms with E-state index in [4.69, 9.17) is 15.3 Å². The van der Waals surface area contributed by atoms with Crippen molar-refractivity contribution in [3.8, 4) is 5.75 Å². The van der Waals surface area contributed by atoms with Gasteiger partial charge in [-0.25, -0.2) is 0 Å². The zero-order valence-corrected chi connectivity index (χ0v) is 14.5. The second-order valence-electron chi connectivity index (χ2n) is 2.86. The first-order valence-electron chi connectivity index (χ1n) is 4.61. The largest absolute Gasteiger partial charge is 0.432 e. The Kier molecular flexibility index (Phi) is 12.1. The molecule has 0 atom stereocenters. The molecule has 0 aliphatic rings. The van der Waals surface area contributed by atoms with Gasteiger partial charge < -0.3 is 16.2 Å². The molecule has 1 amide bonds. The van der Waals surface area contributed by atoms with Crippen LogP contribution in [0.1, 0.15) is 5.56 Å². The van der Waals surface area contributed by atoms with E-state index in [1.165, 1.54) is 0 Å².